The Hall–Kier alpha value is -0.630. The highest BCUT2D eigenvalue weighted by Crippen LogP contribution is 2.27. The zero-order valence-electron chi connectivity index (χ0n) is 6.70. The van der Waals surface area contributed by atoms with Crippen LogP contribution in [0.5, 0.6) is 5.75 Å². The molecule has 1 N–H and O–H groups in total. The molecular weight excluding hydrogens is 156 g/mol. The molecule has 1 nitrogen and oxygen atoms in total. The smallest absolute Gasteiger partial charge is 0.115 e. The Morgan fingerprint density at radius 3 is 2.00 bits per heavy atom. The number of benzene rings is 1. The van der Waals surface area contributed by atoms with Crippen LogP contribution < -0.4 is 0 Å². The van der Waals surface area contributed by atoms with Gasteiger partial charge in [-0.1, -0.05) is 12.1 Å². The second-order valence-electron chi connectivity index (χ2n) is 3.11. The van der Waals surface area contributed by atoms with Crippen LogP contribution in [0.25, 0.3) is 0 Å². The molecular formula is C9H12OS. The van der Waals surface area contributed by atoms with Crippen LogP contribution in [0.3, 0.4) is 0 Å². The Labute approximate surface area is 72.5 Å². The number of thiol groups is 1. The Morgan fingerprint density at radius 2 is 1.64 bits per heavy atom. The van der Waals surface area contributed by atoms with Crippen LogP contribution in [0.1, 0.15) is 19.4 Å². The van der Waals surface area contributed by atoms with Gasteiger partial charge in [0, 0.05) is 4.75 Å². The molecule has 11 heavy (non-hydrogen) atoms. The van der Waals surface area contributed by atoms with Crippen molar-refractivity contribution in [1.82, 2.24) is 0 Å². The lowest BCUT2D eigenvalue weighted by Gasteiger charge is -2.17. The van der Waals surface area contributed by atoms with Gasteiger partial charge in [-0.05, 0) is 31.5 Å². The molecule has 0 atom stereocenters. The summed E-state index contributed by atoms with van der Waals surface area (Å²) in [5.74, 6) is 0.298. The maximum absolute atomic E-state index is 9.00. The summed E-state index contributed by atoms with van der Waals surface area (Å²) in [5.41, 5.74) is 1.11. The van der Waals surface area contributed by atoms with E-state index in [1.54, 1.807) is 12.1 Å². The Kier molecular flexibility index (Phi) is 2.14. The second kappa shape index (κ2) is 2.78. The highest BCUT2D eigenvalue weighted by atomic mass is 32.1. The lowest BCUT2D eigenvalue weighted by atomic mass is 10.0. The van der Waals surface area contributed by atoms with E-state index in [-0.39, 0.29) is 4.75 Å². The fourth-order valence-electron chi connectivity index (χ4n) is 0.869. The number of phenolic OH excluding ortho intramolecular Hbond substituents is 1. The average Bonchev–Trinajstić information content (AvgIpc) is 1.86. The fraction of sp³-hybridized carbons (Fsp3) is 0.333. The van der Waals surface area contributed by atoms with Crippen molar-refractivity contribution in [3.8, 4) is 5.75 Å². The molecule has 0 aliphatic heterocycles. The number of hydrogen-bond acceptors (Lipinski definition) is 2. The normalized spacial score (nSPS) is 11.5. The first-order valence-electron chi connectivity index (χ1n) is 3.52. The molecule has 1 aromatic carbocycles. The van der Waals surface area contributed by atoms with Crippen molar-refractivity contribution in [2.75, 3.05) is 0 Å². The van der Waals surface area contributed by atoms with E-state index in [1.807, 2.05) is 26.0 Å². The zero-order chi connectivity index (χ0) is 8.48. The number of aromatic hydroxyl groups is 1. The number of rotatable bonds is 1. The largest absolute Gasteiger partial charge is 0.508 e. The van der Waals surface area contributed by atoms with Gasteiger partial charge in [0.2, 0.25) is 0 Å². The molecule has 2 heteroatoms. The van der Waals surface area contributed by atoms with Gasteiger partial charge in [-0.25, -0.2) is 0 Å². The van der Waals surface area contributed by atoms with Crippen LogP contribution in [-0.2, 0) is 4.75 Å². The molecule has 0 unspecified atom stereocenters. The van der Waals surface area contributed by atoms with Gasteiger partial charge in [0.15, 0.2) is 0 Å². The molecule has 0 heterocycles. The van der Waals surface area contributed by atoms with Gasteiger partial charge in [-0.15, -0.1) is 0 Å². The van der Waals surface area contributed by atoms with Gasteiger partial charge in [-0.3, -0.25) is 0 Å². The molecule has 0 bridgehead atoms. The average molecular weight is 168 g/mol. The molecule has 0 saturated heterocycles. The molecule has 0 fully saturated rings. The third kappa shape index (κ3) is 2.15. The third-order valence-corrected chi connectivity index (χ3v) is 1.83. The Balaban J connectivity index is 2.99. The van der Waals surface area contributed by atoms with Gasteiger partial charge in [0.1, 0.15) is 5.75 Å². The fourth-order valence-corrected chi connectivity index (χ4v) is 1.02. The first-order valence-corrected chi connectivity index (χ1v) is 3.97. The van der Waals surface area contributed by atoms with Gasteiger partial charge in [0.25, 0.3) is 0 Å². The minimum Gasteiger partial charge on any atom is -0.508 e. The highest BCUT2D eigenvalue weighted by Gasteiger charge is 2.13. The molecule has 60 valence electrons. The minimum atomic E-state index is -0.131. The summed E-state index contributed by atoms with van der Waals surface area (Å²) in [6.07, 6.45) is 0. The van der Waals surface area contributed by atoms with Gasteiger partial charge in [-0.2, -0.15) is 12.6 Å². The molecule has 0 aromatic heterocycles. The summed E-state index contributed by atoms with van der Waals surface area (Å²) >= 11 is 4.40. The molecule has 0 amide bonds. The zero-order valence-corrected chi connectivity index (χ0v) is 7.60. The van der Waals surface area contributed by atoms with Crippen molar-refractivity contribution >= 4 is 12.6 Å². The van der Waals surface area contributed by atoms with Crippen LogP contribution in [0, 0.1) is 0 Å². The minimum absolute atomic E-state index is 0.131. The highest BCUT2D eigenvalue weighted by molar-refractivity contribution is 7.81. The van der Waals surface area contributed by atoms with Crippen molar-refractivity contribution in [3.63, 3.8) is 0 Å². The predicted molar refractivity (Wildman–Crippen MR) is 50.1 cm³/mol. The quantitative estimate of drug-likeness (QED) is 0.617. The maximum Gasteiger partial charge on any atom is 0.115 e. The van der Waals surface area contributed by atoms with E-state index in [1.165, 1.54) is 0 Å². The van der Waals surface area contributed by atoms with Gasteiger partial charge in [0.05, 0.1) is 0 Å². The second-order valence-corrected chi connectivity index (χ2v) is 4.22. The van der Waals surface area contributed by atoms with Crippen LogP contribution in [0.2, 0.25) is 0 Å². The summed E-state index contributed by atoms with van der Waals surface area (Å²) in [6, 6.07) is 7.10. The number of hydrogen-bond donors (Lipinski definition) is 2. The van der Waals surface area contributed by atoms with Gasteiger partial charge >= 0.3 is 0 Å². The lowest BCUT2D eigenvalue weighted by molar-refractivity contribution is 0.475. The monoisotopic (exact) mass is 168 g/mol. The maximum atomic E-state index is 9.00. The van der Waals surface area contributed by atoms with Crippen LogP contribution in [-0.4, -0.2) is 5.11 Å². The summed E-state index contributed by atoms with van der Waals surface area (Å²) in [7, 11) is 0. The van der Waals surface area contributed by atoms with Gasteiger partial charge < -0.3 is 5.11 Å². The molecule has 0 radical (unpaired) electrons. The summed E-state index contributed by atoms with van der Waals surface area (Å²) in [4.78, 5) is 0. The molecule has 0 saturated carbocycles. The summed E-state index contributed by atoms with van der Waals surface area (Å²) in [6.45, 7) is 4.03. The summed E-state index contributed by atoms with van der Waals surface area (Å²) in [5, 5.41) is 9.00. The van der Waals surface area contributed by atoms with Crippen molar-refractivity contribution < 1.29 is 5.11 Å². The Bertz CT molecular complexity index is 233. The first kappa shape index (κ1) is 8.47. The predicted octanol–water partition coefficient (Wildman–Crippen LogP) is 2.56. The SMILES string of the molecule is CC(C)(S)c1ccc(O)cc1. The first-order chi connectivity index (χ1) is 5.00. The topological polar surface area (TPSA) is 20.2 Å². The van der Waals surface area contributed by atoms with E-state index in [0.29, 0.717) is 5.75 Å². The molecule has 1 rings (SSSR count). The molecule has 0 spiro atoms. The van der Waals surface area contributed by atoms with Crippen LogP contribution >= 0.6 is 12.6 Å². The van der Waals surface area contributed by atoms with Crippen molar-refractivity contribution in [1.29, 1.82) is 0 Å². The Morgan fingerprint density at radius 1 is 1.18 bits per heavy atom. The number of phenols is 1. The summed E-state index contributed by atoms with van der Waals surface area (Å²) < 4.78 is -0.131. The van der Waals surface area contributed by atoms with E-state index in [4.69, 9.17) is 5.11 Å². The van der Waals surface area contributed by atoms with E-state index in [9.17, 15) is 0 Å². The van der Waals surface area contributed by atoms with E-state index < -0.39 is 0 Å². The van der Waals surface area contributed by atoms with Crippen LogP contribution in [0.15, 0.2) is 24.3 Å². The standard InChI is InChI=1S/C9H12OS/c1-9(2,11)7-3-5-8(10)6-4-7/h3-6,10-11H,1-2H3. The molecule has 1 aromatic rings. The van der Waals surface area contributed by atoms with Crippen LogP contribution in [0.4, 0.5) is 0 Å². The van der Waals surface area contributed by atoms with E-state index in [0.717, 1.165) is 5.56 Å². The molecule has 0 aliphatic carbocycles. The van der Waals surface area contributed by atoms with E-state index >= 15 is 0 Å². The molecule has 0 aliphatic rings. The lowest BCUT2D eigenvalue weighted by Crippen LogP contribution is -2.06. The van der Waals surface area contributed by atoms with Crippen molar-refractivity contribution in [3.05, 3.63) is 29.8 Å². The van der Waals surface area contributed by atoms with E-state index in [2.05, 4.69) is 12.6 Å². The van der Waals surface area contributed by atoms with Crippen molar-refractivity contribution in [2.24, 2.45) is 0 Å². The van der Waals surface area contributed by atoms with Crippen molar-refractivity contribution in [2.45, 2.75) is 18.6 Å². The third-order valence-electron chi connectivity index (χ3n) is 1.57.